The maximum atomic E-state index is 5.63. The summed E-state index contributed by atoms with van der Waals surface area (Å²) in [7, 11) is 3.45. The Hall–Kier alpha value is -2.05. The van der Waals surface area contributed by atoms with Crippen LogP contribution < -0.4 is 15.4 Å². The van der Waals surface area contributed by atoms with E-state index in [2.05, 4.69) is 39.2 Å². The van der Waals surface area contributed by atoms with Crippen LogP contribution in [-0.2, 0) is 17.7 Å². The van der Waals surface area contributed by atoms with Crippen molar-refractivity contribution in [1.82, 2.24) is 10.6 Å². The Balaban J connectivity index is 1.74. The molecule has 2 aromatic rings. The molecule has 0 aliphatic rings. The molecule has 0 saturated heterocycles. The molecule has 24 heavy (non-hydrogen) atoms. The van der Waals surface area contributed by atoms with E-state index in [1.165, 1.54) is 4.88 Å². The first-order valence-electron chi connectivity index (χ1n) is 7.99. The molecule has 1 aromatic carbocycles. The van der Waals surface area contributed by atoms with Crippen LogP contribution in [0.15, 0.2) is 46.8 Å². The first-order chi connectivity index (χ1) is 11.8. The lowest BCUT2D eigenvalue weighted by Gasteiger charge is -2.12. The van der Waals surface area contributed by atoms with Crippen LogP contribution in [0.2, 0.25) is 0 Å². The number of thiophene rings is 1. The number of hydrogen-bond donors (Lipinski definition) is 2. The van der Waals surface area contributed by atoms with Crippen molar-refractivity contribution in [3.05, 3.63) is 52.2 Å². The molecule has 0 atom stereocenters. The Morgan fingerprint density at radius 1 is 1.17 bits per heavy atom. The summed E-state index contributed by atoms with van der Waals surface area (Å²) in [5.41, 5.74) is 1.14. The van der Waals surface area contributed by atoms with Crippen LogP contribution in [0.5, 0.6) is 5.75 Å². The van der Waals surface area contributed by atoms with Crippen LogP contribution in [0.25, 0.3) is 0 Å². The molecule has 0 unspecified atom stereocenters. The molecule has 0 fully saturated rings. The molecule has 0 radical (unpaired) electrons. The van der Waals surface area contributed by atoms with E-state index in [-0.39, 0.29) is 0 Å². The quantitative estimate of drug-likeness (QED) is 0.416. The number of nitrogens with one attached hydrogen (secondary N) is 2. The predicted molar refractivity (Wildman–Crippen MR) is 100 cm³/mol. The fraction of sp³-hybridized carbons (Fsp3) is 0.389. The van der Waals surface area contributed by atoms with Crippen molar-refractivity contribution in [3.8, 4) is 5.75 Å². The standard InChI is InChI=1S/C18H25N3O2S/c1-19-18(20-9-8-17-7-4-12-24-17)21-14-15-5-3-6-16(13-15)23-11-10-22-2/h3-7,12-13H,8-11,14H2,1-2H3,(H2,19,20,21). The van der Waals surface area contributed by atoms with Crippen LogP contribution in [-0.4, -0.2) is 39.9 Å². The molecule has 0 saturated carbocycles. The van der Waals surface area contributed by atoms with E-state index in [1.807, 2.05) is 18.2 Å². The van der Waals surface area contributed by atoms with Gasteiger partial charge in [0, 0.05) is 32.1 Å². The minimum Gasteiger partial charge on any atom is -0.491 e. The van der Waals surface area contributed by atoms with Gasteiger partial charge in [0.05, 0.1) is 6.61 Å². The molecule has 0 amide bonds. The second kappa shape index (κ2) is 10.7. The van der Waals surface area contributed by atoms with Gasteiger partial charge >= 0.3 is 0 Å². The molecule has 0 bridgehead atoms. The summed E-state index contributed by atoms with van der Waals surface area (Å²) in [5.74, 6) is 1.66. The molecule has 0 aliphatic heterocycles. The largest absolute Gasteiger partial charge is 0.491 e. The van der Waals surface area contributed by atoms with E-state index in [4.69, 9.17) is 9.47 Å². The van der Waals surface area contributed by atoms with Crippen molar-refractivity contribution in [2.24, 2.45) is 4.99 Å². The smallest absolute Gasteiger partial charge is 0.191 e. The van der Waals surface area contributed by atoms with Crippen LogP contribution >= 0.6 is 11.3 Å². The number of aliphatic imine (C=N–C) groups is 1. The molecule has 1 aromatic heterocycles. The maximum absolute atomic E-state index is 5.63. The van der Waals surface area contributed by atoms with Gasteiger partial charge in [-0.25, -0.2) is 0 Å². The first-order valence-corrected chi connectivity index (χ1v) is 8.87. The van der Waals surface area contributed by atoms with Crippen LogP contribution in [0.3, 0.4) is 0 Å². The summed E-state index contributed by atoms with van der Waals surface area (Å²) in [6, 6.07) is 12.3. The maximum Gasteiger partial charge on any atom is 0.191 e. The number of methoxy groups -OCH3 is 1. The summed E-state index contributed by atoms with van der Waals surface area (Å²) < 4.78 is 10.6. The molecule has 2 N–H and O–H groups in total. The minimum absolute atomic E-state index is 0.555. The number of rotatable bonds is 9. The number of ether oxygens (including phenoxy) is 2. The van der Waals surface area contributed by atoms with Crippen LogP contribution in [0, 0.1) is 0 Å². The summed E-state index contributed by atoms with van der Waals surface area (Å²) >= 11 is 1.78. The third kappa shape index (κ3) is 6.60. The third-order valence-corrected chi connectivity index (χ3v) is 4.32. The Kier molecular flexibility index (Phi) is 8.13. The van der Waals surface area contributed by atoms with Gasteiger partial charge in [0.25, 0.3) is 0 Å². The molecule has 2 rings (SSSR count). The van der Waals surface area contributed by atoms with Gasteiger partial charge in [-0.3, -0.25) is 4.99 Å². The summed E-state index contributed by atoms with van der Waals surface area (Å²) in [6.07, 6.45) is 1.00. The highest BCUT2D eigenvalue weighted by Gasteiger charge is 2.01. The van der Waals surface area contributed by atoms with Gasteiger partial charge in [-0.1, -0.05) is 18.2 Å². The SMILES string of the molecule is CN=C(NCCc1cccs1)NCc1cccc(OCCOC)c1. The normalized spacial score (nSPS) is 11.3. The minimum atomic E-state index is 0.555. The van der Waals surface area contributed by atoms with Gasteiger partial charge in [0.1, 0.15) is 12.4 Å². The Labute approximate surface area is 147 Å². The molecule has 0 spiro atoms. The molecule has 1 heterocycles. The molecule has 5 nitrogen and oxygen atoms in total. The van der Waals surface area contributed by atoms with E-state index in [9.17, 15) is 0 Å². The number of hydrogen-bond acceptors (Lipinski definition) is 4. The van der Waals surface area contributed by atoms with Crippen LogP contribution in [0.1, 0.15) is 10.4 Å². The van der Waals surface area contributed by atoms with Crippen molar-refractivity contribution in [3.63, 3.8) is 0 Å². The van der Waals surface area contributed by atoms with Gasteiger partial charge in [-0.2, -0.15) is 0 Å². The zero-order valence-corrected chi connectivity index (χ0v) is 15.1. The zero-order chi connectivity index (χ0) is 17.0. The lowest BCUT2D eigenvalue weighted by Crippen LogP contribution is -2.37. The van der Waals surface area contributed by atoms with Gasteiger partial charge in [-0.15, -0.1) is 11.3 Å². The van der Waals surface area contributed by atoms with Crippen molar-refractivity contribution in [2.75, 3.05) is 33.9 Å². The summed E-state index contributed by atoms with van der Waals surface area (Å²) in [4.78, 5) is 5.63. The Morgan fingerprint density at radius 2 is 2.08 bits per heavy atom. The molecule has 0 aliphatic carbocycles. The number of benzene rings is 1. The van der Waals surface area contributed by atoms with E-state index in [1.54, 1.807) is 25.5 Å². The highest BCUT2D eigenvalue weighted by atomic mass is 32.1. The van der Waals surface area contributed by atoms with Gasteiger partial charge in [0.15, 0.2) is 5.96 Å². The van der Waals surface area contributed by atoms with E-state index in [0.717, 1.165) is 30.2 Å². The van der Waals surface area contributed by atoms with E-state index >= 15 is 0 Å². The average molecular weight is 347 g/mol. The lowest BCUT2D eigenvalue weighted by molar-refractivity contribution is 0.146. The van der Waals surface area contributed by atoms with E-state index in [0.29, 0.717) is 19.8 Å². The molecular formula is C18H25N3O2S. The molecular weight excluding hydrogens is 322 g/mol. The van der Waals surface area contributed by atoms with Gasteiger partial charge in [0.2, 0.25) is 0 Å². The number of nitrogens with zero attached hydrogens (tertiary/aromatic N) is 1. The molecule has 6 heteroatoms. The lowest BCUT2D eigenvalue weighted by atomic mass is 10.2. The highest BCUT2D eigenvalue weighted by Crippen LogP contribution is 2.13. The predicted octanol–water partition coefficient (Wildman–Crippen LogP) is 2.68. The van der Waals surface area contributed by atoms with Crippen molar-refractivity contribution in [2.45, 2.75) is 13.0 Å². The third-order valence-electron chi connectivity index (χ3n) is 3.38. The van der Waals surface area contributed by atoms with Gasteiger partial charge in [-0.05, 0) is 35.6 Å². The van der Waals surface area contributed by atoms with Crippen molar-refractivity contribution in [1.29, 1.82) is 0 Å². The number of guanidine groups is 1. The average Bonchev–Trinajstić information content (AvgIpc) is 3.12. The van der Waals surface area contributed by atoms with E-state index < -0.39 is 0 Å². The monoisotopic (exact) mass is 347 g/mol. The van der Waals surface area contributed by atoms with Gasteiger partial charge < -0.3 is 20.1 Å². The summed E-state index contributed by atoms with van der Waals surface area (Å²) in [6.45, 7) is 2.70. The fourth-order valence-electron chi connectivity index (χ4n) is 2.15. The molecule has 130 valence electrons. The van der Waals surface area contributed by atoms with Crippen molar-refractivity contribution >= 4 is 17.3 Å². The topological polar surface area (TPSA) is 54.9 Å². The fourth-order valence-corrected chi connectivity index (χ4v) is 2.86. The van der Waals surface area contributed by atoms with Crippen LogP contribution in [0.4, 0.5) is 0 Å². The highest BCUT2D eigenvalue weighted by molar-refractivity contribution is 7.09. The zero-order valence-electron chi connectivity index (χ0n) is 14.2. The second-order valence-corrected chi connectivity index (χ2v) is 6.20. The Morgan fingerprint density at radius 3 is 2.83 bits per heavy atom. The Bertz CT molecular complexity index is 614. The summed E-state index contributed by atoms with van der Waals surface area (Å²) in [5, 5.41) is 8.76. The van der Waals surface area contributed by atoms with Crippen molar-refractivity contribution < 1.29 is 9.47 Å². The second-order valence-electron chi connectivity index (χ2n) is 5.17. The first kappa shape index (κ1) is 18.3.